The number of thiophene rings is 1. The minimum absolute atomic E-state index is 0.689. The number of anilines is 1. The van der Waals surface area contributed by atoms with Crippen molar-refractivity contribution in [3.63, 3.8) is 0 Å². The number of aromatic nitrogens is 1. The van der Waals surface area contributed by atoms with Crippen molar-refractivity contribution < 1.29 is 0 Å². The Balaban J connectivity index is 2.10. The fraction of sp³-hybridized carbons (Fsp3) is 0.308. The second kappa shape index (κ2) is 6.73. The monoisotopic (exact) mass is 281 g/mol. The summed E-state index contributed by atoms with van der Waals surface area (Å²) in [7, 11) is 0. The van der Waals surface area contributed by atoms with Crippen molar-refractivity contribution in [2.75, 3.05) is 18.0 Å². The number of pyridine rings is 1. The second-order valence-electron chi connectivity index (χ2n) is 3.96. The molecule has 0 saturated heterocycles. The summed E-state index contributed by atoms with van der Waals surface area (Å²) in [6, 6.07) is 9.93. The van der Waals surface area contributed by atoms with Crippen LogP contribution in [0.5, 0.6) is 0 Å². The molecule has 0 unspecified atom stereocenters. The van der Waals surface area contributed by atoms with Crippen LogP contribution in [0.4, 0.5) is 5.82 Å². The van der Waals surface area contributed by atoms with Gasteiger partial charge in [0.1, 0.15) is 5.82 Å². The third-order valence-corrected chi connectivity index (χ3v) is 3.80. The Hall–Kier alpha value is -1.10. The summed E-state index contributed by atoms with van der Waals surface area (Å²) in [5, 5.41) is 0. The highest BCUT2D eigenvalue weighted by Crippen LogP contribution is 2.24. The van der Waals surface area contributed by atoms with E-state index < -0.39 is 0 Å². The van der Waals surface area contributed by atoms with E-state index in [1.54, 1.807) is 11.3 Å². The smallest absolute Gasteiger partial charge is 0.128 e. The van der Waals surface area contributed by atoms with E-state index >= 15 is 0 Å². The van der Waals surface area contributed by atoms with Gasteiger partial charge < -0.3 is 10.6 Å². The van der Waals surface area contributed by atoms with Gasteiger partial charge in [0.2, 0.25) is 0 Å². The lowest BCUT2D eigenvalue weighted by atomic mass is 10.3. The number of halogens is 1. The predicted octanol–water partition coefficient (Wildman–Crippen LogP) is 3.15. The van der Waals surface area contributed by atoms with E-state index in [1.807, 2.05) is 30.5 Å². The Morgan fingerprint density at radius 3 is 2.78 bits per heavy atom. The van der Waals surface area contributed by atoms with E-state index in [0.29, 0.717) is 6.54 Å². The van der Waals surface area contributed by atoms with Gasteiger partial charge in [-0.05, 0) is 37.2 Å². The van der Waals surface area contributed by atoms with Crippen molar-refractivity contribution in [2.45, 2.75) is 13.0 Å². The Morgan fingerprint density at radius 1 is 1.28 bits per heavy atom. The quantitative estimate of drug-likeness (QED) is 0.884. The lowest BCUT2D eigenvalue weighted by Crippen LogP contribution is -2.26. The summed E-state index contributed by atoms with van der Waals surface area (Å²) in [5.41, 5.74) is 5.59. The molecule has 0 bridgehead atoms. The zero-order chi connectivity index (χ0) is 12.8. The third-order valence-electron chi connectivity index (χ3n) is 2.58. The number of hydrogen-bond donors (Lipinski definition) is 1. The minimum atomic E-state index is 0.689. The van der Waals surface area contributed by atoms with Crippen LogP contribution in [0.3, 0.4) is 0 Å². The molecule has 0 aliphatic rings. The summed E-state index contributed by atoms with van der Waals surface area (Å²) < 4.78 is 0.824. The van der Waals surface area contributed by atoms with Crippen LogP contribution in [0.2, 0.25) is 4.34 Å². The van der Waals surface area contributed by atoms with Gasteiger partial charge in [0.15, 0.2) is 0 Å². The number of hydrogen-bond acceptors (Lipinski definition) is 4. The molecule has 2 aromatic heterocycles. The highest BCUT2D eigenvalue weighted by molar-refractivity contribution is 7.16. The topological polar surface area (TPSA) is 42.1 Å². The van der Waals surface area contributed by atoms with Crippen molar-refractivity contribution in [3.05, 3.63) is 45.7 Å². The molecule has 2 N–H and O–H groups in total. The van der Waals surface area contributed by atoms with Gasteiger partial charge in [-0.1, -0.05) is 17.7 Å². The van der Waals surface area contributed by atoms with Gasteiger partial charge in [0.25, 0.3) is 0 Å². The normalized spacial score (nSPS) is 10.6. The maximum absolute atomic E-state index is 5.96. The van der Waals surface area contributed by atoms with Crippen molar-refractivity contribution in [3.8, 4) is 0 Å². The van der Waals surface area contributed by atoms with E-state index in [-0.39, 0.29) is 0 Å². The third kappa shape index (κ3) is 3.70. The highest BCUT2D eigenvalue weighted by atomic mass is 35.5. The van der Waals surface area contributed by atoms with Gasteiger partial charge in [-0.2, -0.15) is 0 Å². The van der Waals surface area contributed by atoms with Gasteiger partial charge in [-0.15, -0.1) is 11.3 Å². The summed E-state index contributed by atoms with van der Waals surface area (Å²) in [6.45, 7) is 2.42. The minimum Gasteiger partial charge on any atom is -0.351 e. The van der Waals surface area contributed by atoms with E-state index in [4.69, 9.17) is 17.3 Å². The molecule has 96 valence electrons. The molecule has 0 aliphatic heterocycles. The van der Waals surface area contributed by atoms with E-state index in [0.717, 1.165) is 29.7 Å². The molecule has 0 fully saturated rings. The van der Waals surface area contributed by atoms with Crippen LogP contribution in [-0.2, 0) is 6.54 Å². The summed E-state index contributed by atoms with van der Waals surface area (Å²) in [4.78, 5) is 7.86. The molecule has 0 radical (unpaired) electrons. The van der Waals surface area contributed by atoms with Crippen LogP contribution in [0, 0.1) is 0 Å². The van der Waals surface area contributed by atoms with Gasteiger partial charge >= 0.3 is 0 Å². The standard InChI is InChI=1S/C13H16ClN3S/c14-12-6-5-11(18-12)10-17(9-3-7-15)13-4-1-2-8-16-13/h1-2,4-6,8H,3,7,9-10,15H2. The van der Waals surface area contributed by atoms with E-state index in [2.05, 4.69) is 16.0 Å². The van der Waals surface area contributed by atoms with Crippen LogP contribution in [0.1, 0.15) is 11.3 Å². The van der Waals surface area contributed by atoms with Crippen LogP contribution in [0.25, 0.3) is 0 Å². The Kier molecular flexibility index (Phi) is 4.99. The first kappa shape index (κ1) is 13.3. The van der Waals surface area contributed by atoms with Crippen LogP contribution in [-0.4, -0.2) is 18.1 Å². The average Bonchev–Trinajstić information content (AvgIpc) is 2.81. The van der Waals surface area contributed by atoms with Gasteiger partial charge in [-0.3, -0.25) is 0 Å². The maximum Gasteiger partial charge on any atom is 0.128 e. The molecule has 0 amide bonds. The number of nitrogens with zero attached hydrogens (tertiary/aromatic N) is 2. The Labute approximate surface area is 116 Å². The summed E-state index contributed by atoms with van der Waals surface area (Å²) >= 11 is 7.57. The molecule has 0 saturated carbocycles. The van der Waals surface area contributed by atoms with Crippen LogP contribution >= 0.6 is 22.9 Å². The van der Waals surface area contributed by atoms with Gasteiger partial charge in [0, 0.05) is 17.6 Å². The van der Waals surface area contributed by atoms with E-state index in [9.17, 15) is 0 Å². The Bertz CT molecular complexity index is 472. The molecule has 2 aromatic rings. The molecular weight excluding hydrogens is 266 g/mol. The van der Waals surface area contributed by atoms with Crippen molar-refractivity contribution in [1.29, 1.82) is 0 Å². The molecule has 0 atom stereocenters. The fourth-order valence-electron chi connectivity index (χ4n) is 1.72. The lowest BCUT2D eigenvalue weighted by Gasteiger charge is -2.22. The molecule has 18 heavy (non-hydrogen) atoms. The number of rotatable bonds is 6. The van der Waals surface area contributed by atoms with Crippen LogP contribution < -0.4 is 10.6 Å². The Morgan fingerprint density at radius 2 is 2.17 bits per heavy atom. The largest absolute Gasteiger partial charge is 0.351 e. The first-order valence-corrected chi connectivity index (χ1v) is 7.09. The van der Waals surface area contributed by atoms with Crippen molar-refractivity contribution in [1.82, 2.24) is 4.98 Å². The van der Waals surface area contributed by atoms with E-state index in [1.165, 1.54) is 4.88 Å². The lowest BCUT2D eigenvalue weighted by molar-refractivity contribution is 0.731. The number of nitrogens with two attached hydrogens (primary N) is 1. The van der Waals surface area contributed by atoms with Crippen molar-refractivity contribution in [2.24, 2.45) is 5.73 Å². The molecular formula is C13H16ClN3S. The first-order valence-electron chi connectivity index (χ1n) is 5.90. The summed E-state index contributed by atoms with van der Waals surface area (Å²) in [5.74, 6) is 0.982. The predicted molar refractivity (Wildman–Crippen MR) is 78.3 cm³/mol. The fourth-order valence-corrected chi connectivity index (χ4v) is 2.83. The molecule has 0 aliphatic carbocycles. The molecule has 0 spiro atoms. The van der Waals surface area contributed by atoms with Gasteiger partial charge in [-0.25, -0.2) is 4.98 Å². The molecule has 0 aromatic carbocycles. The molecule has 5 heteroatoms. The highest BCUT2D eigenvalue weighted by Gasteiger charge is 2.09. The average molecular weight is 282 g/mol. The SMILES string of the molecule is NCCCN(Cc1ccc(Cl)s1)c1ccccn1. The van der Waals surface area contributed by atoms with Crippen molar-refractivity contribution >= 4 is 28.8 Å². The maximum atomic E-state index is 5.96. The zero-order valence-electron chi connectivity index (χ0n) is 10.1. The molecule has 2 rings (SSSR count). The second-order valence-corrected chi connectivity index (χ2v) is 5.76. The van der Waals surface area contributed by atoms with Gasteiger partial charge in [0.05, 0.1) is 10.9 Å². The molecule has 2 heterocycles. The first-order chi connectivity index (χ1) is 8.79. The van der Waals surface area contributed by atoms with Crippen LogP contribution in [0.15, 0.2) is 36.5 Å². The zero-order valence-corrected chi connectivity index (χ0v) is 11.6. The summed E-state index contributed by atoms with van der Waals surface area (Å²) in [6.07, 6.45) is 2.77. The molecule has 3 nitrogen and oxygen atoms in total.